The van der Waals surface area contributed by atoms with Crippen molar-refractivity contribution in [1.82, 2.24) is 15.1 Å². The molecule has 6 heteroatoms. The molecule has 3 aliphatic heterocycles. The first-order valence-electron chi connectivity index (χ1n) is 10.5. The van der Waals surface area contributed by atoms with E-state index in [0.29, 0.717) is 18.1 Å². The second kappa shape index (κ2) is 8.52. The second-order valence-corrected chi connectivity index (χ2v) is 9.09. The number of rotatable bonds is 4. The molecule has 0 aromatic heterocycles. The third-order valence-corrected chi connectivity index (χ3v) is 6.99. The molecule has 1 aliphatic carbocycles. The van der Waals surface area contributed by atoms with Crippen LogP contribution in [0.5, 0.6) is 0 Å². The predicted molar refractivity (Wildman–Crippen MR) is 117 cm³/mol. The Balaban J connectivity index is 0.00000196. The number of nitrogens with one attached hydrogen (secondary N) is 1. The lowest BCUT2D eigenvalue weighted by Gasteiger charge is -2.55. The minimum absolute atomic E-state index is 0. The fourth-order valence-electron chi connectivity index (χ4n) is 5.65. The van der Waals surface area contributed by atoms with Gasteiger partial charge in [-0.3, -0.25) is 4.99 Å². The van der Waals surface area contributed by atoms with Crippen molar-refractivity contribution in [3.8, 4) is 0 Å². The lowest BCUT2D eigenvalue weighted by Crippen LogP contribution is -2.68. The maximum Gasteiger partial charge on any atom is 0.194 e. The summed E-state index contributed by atoms with van der Waals surface area (Å²) in [7, 11) is 0. The fourth-order valence-corrected chi connectivity index (χ4v) is 5.65. The van der Waals surface area contributed by atoms with Crippen molar-refractivity contribution >= 4 is 29.9 Å². The van der Waals surface area contributed by atoms with Gasteiger partial charge in [-0.05, 0) is 51.6 Å². The number of nitrogens with zero attached hydrogens (tertiary/aromatic N) is 3. The van der Waals surface area contributed by atoms with Gasteiger partial charge in [0.2, 0.25) is 0 Å². The van der Waals surface area contributed by atoms with Gasteiger partial charge in [-0.25, -0.2) is 0 Å². The van der Waals surface area contributed by atoms with Crippen LogP contribution in [0.3, 0.4) is 0 Å². The van der Waals surface area contributed by atoms with Gasteiger partial charge in [-0.1, -0.05) is 13.8 Å². The Morgan fingerprint density at radius 2 is 1.96 bits per heavy atom. The highest BCUT2D eigenvalue weighted by Gasteiger charge is 2.59. The molecular formula is C20H37IN4O. The lowest BCUT2D eigenvalue weighted by atomic mass is 9.57. The van der Waals surface area contributed by atoms with Crippen LogP contribution in [0.4, 0.5) is 0 Å². The van der Waals surface area contributed by atoms with Crippen LogP contribution in [0.25, 0.3) is 0 Å². The molecule has 3 heterocycles. The first kappa shape index (κ1) is 20.6. The summed E-state index contributed by atoms with van der Waals surface area (Å²) in [6.07, 6.45) is 5.73. The zero-order chi connectivity index (χ0) is 17.4. The molecule has 0 bridgehead atoms. The lowest BCUT2D eigenvalue weighted by molar-refractivity contribution is -0.107. The molecule has 5 nitrogen and oxygen atoms in total. The van der Waals surface area contributed by atoms with Crippen LogP contribution in [0.2, 0.25) is 0 Å². The summed E-state index contributed by atoms with van der Waals surface area (Å²) < 4.78 is 5.96. The van der Waals surface area contributed by atoms with Gasteiger partial charge in [-0.15, -0.1) is 24.0 Å². The van der Waals surface area contributed by atoms with Gasteiger partial charge in [0.05, 0.1) is 6.10 Å². The molecule has 150 valence electrons. The standard InChI is InChI=1S/C20H36N4O.HI/c1-4-21-19(22-17-16-8-12-25-18(16)20(17,2)3)24-11-7-15(14-24)13-23-9-5-6-10-23;/h15-18H,4-14H2,1-3H3,(H,21,22);1H. The molecule has 0 spiro atoms. The summed E-state index contributed by atoms with van der Waals surface area (Å²) in [5.41, 5.74) is 0.213. The quantitative estimate of drug-likeness (QED) is 0.385. The van der Waals surface area contributed by atoms with Gasteiger partial charge in [0.15, 0.2) is 5.96 Å². The molecule has 4 unspecified atom stereocenters. The summed E-state index contributed by atoms with van der Waals surface area (Å²) in [6.45, 7) is 14.8. The van der Waals surface area contributed by atoms with E-state index in [0.717, 1.165) is 31.6 Å². The smallest absolute Gasteiger partial charge is 0.194 e. The molecule has 4 aliphatic rings. The fraction of sp³-hybridized carbons (Fsp3) is 0.950. The normalized spacial score (nSPS) is 36.6. The Bertz CT molecular complexity index is 506. The van der Waals surface area contributed by atoms with Crippen molar-refractivity contribution in [3.05, 3.63) is 0 Å². The van der Waals surface area contributed by atoms with Crippen molar-refractivity contribution in [2.75, 3.05) is 45.9 Å². The highest BCUT2D eigenvalue weighted by molar-refractivity contribution is 14.0. The van der Waals surface area contributed by atoms with E-state index in [1.807, 2.05) is 0 Å². The highest BCUT2D eigenvalue weighted by atomic mass is 127. The average molecular weight is 476 g/mol. The first-order valence-corrected chi connectivity index (χ1v) is 10.5. The molecule has 0 aromatic carbocycles. The van der Waals surface area contributed by atoms with Gasteiger partial charge in [0.25, 0.3) is 0 Å². The maximum absolute atomic E-state index is 5.96. The Labute approximate surface area is 176 Å². The molecule has 4 fully saturated rings. The van der Waals surface area contributed by atoms with Crippen LogP contribution < -0.4 is 5.32 Å². The SMILES string of the molecule is CCN=C(NC1C2CCOC2C1(C)C)N1CCC(CN2CCCC2)C1.I. The summed E-state index contributed by atoms with van der Waals surface area (Å²) in [5, 5.41) is 3.85. The van der Waals surface area contributed by atoms with Gasteiger partial charge >= 0.3 is 0 Å². The minimum atomic E-state index is 0. The summed E-state index contributed by atoms with van der Waals surface area (Å²) in [4.78, 5) is 10.0. The van der Waals surface area contributed by atoms with Gasteiger partial charge in [0.1, 0.15) is 0 Å². The van der Waals surface area contributed by atoms with E-state index in [9.17, 15) is 0 Å². The Morgan fingerprint density at radius 1 is 1.19 bits per heavy atom. The number of fused-ring (bicyclic) bond motifs is 1. The van der Waals surface area contributed by atoms with Crippen LogP contribution in [0.1, 0.15) is 46.5 Å². The summed E-state index contributed by atoms with van der Waals surface area (Å²) >= 11 is 0. The monoisotopic (exact) mass is 476 g/mol. The predicted octanol–water partition coefficient (Wildman–Crippen LogP) is 2.80. The average Bonchev–Trinajstić information content (AvgIpc) is 3.32. The van der Waals surface area contributed by atoms with Crippen molar-refractivity contribution in [3.63, 3.8) is 0 Å². The van der Waals surface area contributed by atoms with E-state index < -0.39 is 0 Å². The summed E-state index contributed by atoms with van der Waals surface area (Å²) in [5.74, 6) is 2.62. The zero-order valence-electron chi connectivity index (χ0n) is 16.7. The number of halogens is 1. The molecule has 0 radical (unpaired) electrons. The van der Waals surface area contributed by atoms with E-state index in [2.05, 4.69) is 35.9 Å². The van der Waals surface area contributed by atoms with Crippen LogP contribution in [-0.4, -0.2) is 73.8 Å². The van der Waals surface area contributed by atoms with Crippen LogP contribution >= 0.6 is 24.0 Å². The minimum Gasteiger partial charge on any atom is -0.377 e. The van der Waals surface area contributed by atoms with Crippen LogP contribution in [-0.2, 0) is 4.74 Å². The van der Waals surface area contributed by atoms with Crippen molar-refractivity contribution in [2.45, 2.75) is 58.6 Å². The summed E-state index contributed by atoms with van der Waals surface area (Å²) in [6, 6.07) is 0.503. The number of hydrogen-bond acceptors (Lipinski definition) is 3. The highest BCUT2D eigenvalue weighted by Crippen LogP contribution is 2.52. The third kappa shape index (κ3) is 3.88. The van der Waals surface area contributed by atoms with E-state index in [1.54, 1.807) is 0 Å². The Kier molecular flexibility index (Phi) is 6.76. The molecule has 4 rings (SSSR count). The van der Waals surface area contributed by atoms with E-state index in [-0.39, 0.29) is 29.4 Å². The van der Waals surface area contributed by atoms with Gasteiger partial charge < -0.3 is 19.9 Å². The molecule has 1 N–H and O–H groups in total. The number of likely N-dealkylation sites (tertiary alicyclic amines) is 2. The van der Waals surface area contributed by atoms with E-state index in [4.69, 9.17) is 9.73 Å². The Morgan fingerprint density at radius 3 is 2.69 bits per heavy atom. The van der Waals surface area contributed by atoms with E-state index in [1.165, 1.54) is 51.9 Å². The molecule has 1 saturated carbocycles. The molecule has 0 aromatic rings. The topological polar surface area (TPSA) is 40.1 Å². The largest absolute Gasteiger partial charge is 0.377 e. The van der Waals surface area contributed by atoms with E-state index >= 15 is 0 Å². The maximum atomic E-state index is 5.96. The van der Waals surface area contributed by atoms with Gasteiger partial charge in [0, 0.05) is 50.2 Å². The van der Waals surface area contributed by atoms with Gasteiger partial charge in [-0.2, -0.15) is 0 Å². The third-order valence-electron chi connectivity index (χ3n) is 6.99. The first-order chi connectivity index (χ1) is 12.1. The molecule has 0 amide bonds. The molecule has 4 atom stereocenters. The zero-order valence-corrected chi connectivity index (χ0v) is 19.1. The van der Waals surface area contributed by atoms with Crippen LogP contribution in [0, 0.1) is 17.3 Å². The number of aliphatic imine (C=N–C) groups is 1. The Hall–Kier alpha value is -0.0800. The molecule has 3 saturated heterocycles. The number of guanidine groups is 1. The molecule has 26 heavy (non-hydrogen) atoms. The second-order valence-electron chi connectivity index (χ2n) is 9.09. The number of ether oxygens (including phenoxy) is 1. The molecular weight excluding hydrogens is 439 g/mol. The van der Waals surface area contributed by atoms with Crippen LogP contribution in [0.15, 0.2) is 4.99 Å². The van der Waals surface area contributed by atoms with Crippen molar-refractivity contribution < 1.29 is 4.74 Å². The van der Waals surface area contributed by atoms with Crippen molar-refractivity contribution in [1.29, 1.82) is 0 Å². The van der Waals surface area contributed by atoms with Crippen molar-refractivity contribution in [2.24, 2.45) is 22.2 Å². The number of hydrogen-bond donors (Lipinski definition) is 1.